The van der Waals surface area contributed by atoms with Gasteiger partial charge in [0.2, 0.25) is 0 Å². The van der Waals surface area contributed by atoms with E-state index in [2.05, 4.69) is 6.07 Å². The summed E-state index contributed by atoms with van der Waals surface area (Å²) in [4.78, 5) is 0. The van der Waals surface area contributed by atoms with Gasteiger partial charge in [-0.05, 0) is 36.8 Å². The van der Waals surface area contributed by atoms with Crippen LogP contribution in [0, 0.1) is 18.3 Å². The molecule has 0 heterocycles. The molecule has 0 spiro atoms. The van der Waals surface area contributed by atoms with E-state index < -0.39 is 0 Å². The first-order chi connectivity index (χ1) is 8.60. The minimum absolute atomic E-state index is 0.443. The van der Waals surface area contributed by atoms with Crippen molar-refractivity contribution < 1.29 is 4.74 Å². The van der Waals surface area contributed by atoms with E-state index in [1.807, 2.05) is 13.0 Å². The highest BCUT2D eigenvalue weighted by molar-refractivity contribution is 6.32. The molecule has 2 aromatic carbocycles. The lowest BCUT2D eigenvalue weighted by Crippen LogP contribution is -1.92. The van der Waals surface area contributed by atoms with Gasteiger partial charge in [0, 0.05) is 11.8 Å². The molecule has 90 valence electrons. The molecule has 3 nitrogen and oxygen atoms in total. The Labute approximate surface area is 110 Å². The van der Waals surface area contributed by atoms with Crippen molar-refractivity contribution in [3.05, 3.63) is 52.5 Å². The summed E-state index contributed by atoms with van der Waals surface area (Å²) in [5.74, 6) is 0.920. The van der Waals surface area contributed by atoms with Gasteiger partial charge in [-0.2, -0.15) is 5.26 Å². The van der Waals surface area contributed by atoms with Gasteiger partial charge in [-0.15, -0.1) is 0 Å². The molecule has 2 aromatic rings. The molecule has 4 heteroatoms. The fraction of sp³-hybridized carbons (Fsp3) is 0.0714. The molecule has 0 aromatic heterocycles. The van der Waals surface area contributed by atoms with Crippen molar-refractivity contribution >= 4 is 17.3 Å². The number of rotatable bonds is 2. The number of aryl methyl sites for hydroxylation is 1. The number of nitriles is 1. The van der Waals surface area contributed by atoms with Crippen molar-refractivity contribution in [2.45, 2.75) is 6.92 Å². The maximum Gasteiger partial charge on any atom is 0.148 e. The van der Waals surface area contributed by atoms with Crippen molar-refractivity contribution in [1.82, 2.24) is 0 Å². The predicted octanol–water partition coefficient (Wildman–Crippen LogP) is 3.89. The lowest BCUT2D eigenvalue weighted by atomic mass is 10.1. The zero-order chi connectivity index (χ0) is 13.1. The Morgan fingerprint density at radius 1 is 1.17 bits per heavy atom. The molecular weight excluding hydrogens is 248 g/mol. The summed E-state index contributed by atoms with van der Waals surface area (Å²) in [7, 11) is 0. The zero-order valence-electron chi connectivity index (χ0n) is 9.77. The first-order valence-electron chi connectivity index (χ1n) is 5.34. The average molecular weight is 259 g/mol. The van der Waals surface area contributed by atoms with E-state index in [4.69, 9.17) is 27.3 Å². The molecule has 2 N–H and O–H groups in total. The van der Waals surface area contributed by atoms with Crippen LogP contribution in [0.2, 0.25) is 5.02 Å². The lowest BCUT2D eigenvalue weighted by molar-refractivity contribution is 0.481. The van der Waals surface area contributed by atoms with E-state index in [1.165, 1.54) is 0 Å². The third-order valence-corrected chi connectivity index (χ3v) is 2.74. The van der Waals surface area contributed by atoms with Crippen LogP contribution in [0.15, 0.2) is 36.4 Å². The maximum absolute atomic E-state index is 9.02. The molecule has 0 amide bonds. The predicted molar refractivity (Wildman–Crippen MR) is 71.8 cm³/mol. The topological polar surface area (TPSA) is 59.0 Å². The van der Waals surface area contributed by atoms with Crippen LogP contribution in [-0.2, 0) is 0 Å². The molecule has 0 bridgehead atoms. The Morgan fingerprint density at radius 2 is 1.94 bits per heavy atom. The number of hydrogen-bond acceptors (Lipinski definition) is 3. The molecule has 18 heavy (non-hydrogen) atoms. The zero-order valence-corrected chi connectivity index (χ0v) is 10.5. The Morgan fingerprint density at radius 3 is 2.67 bits per heavy atom. The fourth-order valence-corrected chi connectivity index (χ4v) is 1.68. The number of nitrogens with two attached hydrogens (primary N) is 1. The summed E-state index contributed by atoms with van der Waals surface area (Å²) >= 11 is 6.02. The van der Waals surface area contributed by atoms with E-state index in [1.54, 1.807) is 30.3 Å². The van der Waals surface area contributed by atoms with Crippen LogP contribution >= 0.6 is 11.6 Å². The van der Waals surface area contributed by atoms with Gasteiger partial charge in [0.05, 0.1) is 10.6 Å². The molecule has 0 radical (unpaired) electrons. The summed E-state index contributed by atoms with van der Waals surface area (Å²) in [6.45, 7) is 1.93. The molecule has 2 rings (SSSR count). The highest BCUT2D eigenvalue weighted by Gasteiger charge is 2.08. The summed E-state index contributed by atoms with van der Waals surface area (Å²) in [6, 6.07) is 12.4. The van der Waals surface area contributed by atoms with Gasteiger partial charge in [-0.3, -0.25) is 0 Å². The largest absolute Gasteiger partial charge is 0.454 e. The Kier molecular flexibility index (Phi) is 3.40. The van der Waals surface area contributed by atoms with Crippen LogP contribution in [0.1, 0.15) is 11.1 Å². The standard InChI is InChI=1S/C14H11ClN2O/c1-9-2-3-10(8-16)13(6-9)18-14-7-11(17)4-5-12(14)15/h2-7H,17H2,1H3. The van der Waals surface area contributed by atoms with E-state index in [-0.39, 0.29) is 0 Å². The first kappa shape index (κ1) is 12.3. The van der Waals surface area contributed by atoms with E-state index >= 15 is 0 Å². The third kappa shape index (κ3) is 2.55. The summed E-state index contributed by atoms with van der Waals surface area (Å²) < 4.78 is 5.66. The van der Waals surface area contributed by atoms with E-state index in [0.29, 0.717) is 27.8 Å². The second-order valence-corrected chi connectivity index (χ2v) is 4.31. The van der Waals surface area contributed by atoms with Gasteiger partial charge in [0.15, 0.2) is 0 Å². The van der Waals surface area contributed by atoms with Crippen LogP contribution in [0.4, 0.5) is 5.69 Å². The monoisotopic (exact) mass is 258 g/mol. The second kappa shape index (κ2) is 4.99. The van der Waals surface area contributed by atoms with Crippen molar-refractivity contribution in [2.24, 2.45) is 0 Å². The van der Waals surface area contributed by atoms with Gasteiger partial charge in [0.1, 0.15) is 17.6 Å². The summed E-state index contributed by atoms with van der Waals surface area (Å²) in [5.41, 5.74) is 7.70. The van der Waals surface area contributed by atoms with Gasteiger partial charge in [0.25, 0.3) is 0 Å². The van der Waals surface area contributed by atoms with Crippen LogP contribution in [-0.4, -0.2) is 0 Å². The summed E-state index contributed by atoms with van der Waals surface area (Å²) in [5, 5.41) is 9.48. The molecule has 0 saturated carbocycles. The molecule has 0 unspecified atom stereocenters. The van der Waals surface area contributed by atoms with Gasteiger partial charge in [-0.25, -0.2) is 0 Å². The van der Waals surface area contributed by atoms with Crippen molar-refractivity contribution in [3.63, 3.8) is 0 Å². The maximum atomic E-state index is 9.02. The second-order valence-electron chi connectivity index (χ2n) is 3.90. The van der Waals surface area contributed by atoms with Crippen LogP contribution in [0.3, 0.4) is 0 Å². The number of nitrogen functional groups attached to an aromatic ring is 1. The summed E-state index contributed by atoms with van der Waals surface area (Å²) in [6.07, 6.45) is 0. The van der Waals surface area contributed by atoms with Crippen LogP contribution in [0.5, 0.6) is 11.5 Å². The molecular formula is C14H11ClN2O. The van der Waals surface area contributed by atoms with E-state index in [0.717, 1.165) is 5.56 Å². The smallest absolute Gasteiger partial charge is 0.148 e. The van der Waals surface area contributed by atoms with Crippen molar-refractivity contribution in [2.75, 3.05) is 5.73 Å². The van der Waals surface area contributed by atoms with Gasteiger partial charge >= 0.3 is 0 Å². The third-order valence-electron chi connectivity index (χ3n) is 2.43. The number of ether oxygens (including phenoxy) is 1. The van der Waals surface area contributed by atoms with Crippen LogP contribution < -0.4 is 10.5 Å². The average Bonchev–Trinajstić information content (AvgIpc) is 2.34. The highest BCUT2D eigenvalue weighted by Crippen LogP contribution is 2.33. The van der Waals surface area contributed by atoms with Crippen molar-refractivity contribution in [1.29, 1.82) is 5.26 Å². The van der Waals surface area contributed by atoms with E-state index in [9.17, 15) is 0 Å². The molecule has 0 aliphatic carbocycles. The Bertz CT molecular complexity index is 632. The number of benzene rings is 2. The minimum atomic E-state index is 0.443. The Balaban J connectivity index is 2.43. The minimum Gasteiger partial charge on any atom is -0.454 e. The molecule has 0 fully saturated rings. The number of halogens is 1. The SMILES string of the molecule is Cc1ccc(C#N)c(Oc2cc(N)ccc2Cl)c1. The molecule has 0 aliphatic heterocycles. The Hall–Kier alpha value is -2.18. The van der Waals surface area contributed by atoms with Crippen molar-refractivity contribution in [3.8, 4) is 17.6 Å². The molecule has 0 saturated heterocycles. The molecule has 0 atom stereocenters. The fourth-order valence-electron chi connectivity index (χ4n) is 1.52. The highest BCUT2D eigenvalue weighted by atomic mass is 35.5. The van der Waals surface area contributed by atoms with Gasteiger partial charge < -0.3 is 10.5 Å². The lowest BCUT2D eigenvalue weighted by Gasteiger charge is -2.10. The normalized spacial score (nSPS) is 9.83. The first-order valence-corrected chi connectivity index (χ1v) is 5.71. The quantitative estimate of drug-likeness (QED) is 0.831. The van der Waals surface area contributed by atoms with Gasteiger partial charge in [-0.1, -0.05) is 17.7 Å². The number of anilines is 1. The molecule has 0 aliphatic rings. The number of hydrogen-bond donors (Lipinski definition) is 1. The number of nitrogens with zero attached hydrogens (tertiary/aromatic N) is 1. The van der Waals surface area contributed by atoms with Crippen LogP contribution in [0.25, 0.3) is 0 Å².